The largest absolute Gasteiger partial charge is 0.508 e. The predicted octanol–water partition coefficient (Wildman–Crippen LogP) is 4.94. The molecule has 1 aliphatic heterocycles. The van der Waals surface area contributed by atoms with Gasteiger partial charge in [-0.2, -0.15) is 0 Å². The number of aliphatic hydroxyl groups is 2. The predicted molar refractivity (Wildman–Crippen MR) is 130 cm³/mol. The van der Waals surface area contributed by atoms with Crippen LogP contribution < -0.4 is 0 Å². The molecule has 6 heteroatoms. The highest BCUT2D eigenvalue weighted by Crippen LogP contribution is 2.89. The molecule has 5 saturated carbocycles. The van der Waals surface area contributed by atoms with Crippen molar-refractivity contribution in [3.8, 4) is 0 Å². The number of rotatable bonds is 2. The molecule has 0 amide bonds. The molecule has 12 atom stereocenters. The summed E-state index contributed by atoms with van der Waals surface area (Å²) in [5.41, 5.74) is 0.468. The lowest BCUT2D eigenvalue weighted by atomic mass is 9.41. The Kier molecular flexibility index (Phi) is 5.16. The highest BCUT2D eigenvalue weighted by atomic mass is 16.7. The molecule has 2 N–H and O–H groups in total. The molecular formula is C29H46O6. The minimum atomic E-state index is -0.679. The molecule has 35 heavy (non-hydrogen) atoms. The molecule has 6 fully saturated rings. The van der Waals surface area contributed by atoms with Gasteiger partial charge in [-0.05, 0) is 96.7 Å². The van der Waals surface area contributed by atoms with Crippen LogP contribution in [0.4, 0.5) is 4.79 Å². The fourth-order valence-electron chi connectivity index (χ4n) is 11.7. The number of hydrogen-bond acceptors (Lipinski definition) is 6. The second-order valence-electron chi connectivity index (χ2n) is 14.4. The Balaban J connectivity index is 1.31. The number of ether oxygens (including phenoxy) is 3. The van der Waals surface area contributed by atoms with Crippen LogP contribution in [0.15, 0.2) is 0 Å². The maximum atomic E-state index is 12.1. The first kappa shape index (κ1) is 24.5. The SMILES string of the molecule is COC(=O)OC[C@H]1C[C@@H](C)[C@H]2[C@H](O1)[C@H](O)[C@@]1(C)[C@@H]3CC[C@H]4C(C)(C)[C@@H](O)CC[C@@]45C[C@@]35CC[C@]21C. The summed E-state index contributed by atoms with van der Waals surface area (Å²) in [6, 6.07) is 0. The van der Waals surface area contributed by atoms with Gasteiger partial charge in [0.2, 0.25) is 0 Å². The van der Waals surface area contributed by atoms with Gasteiger partial charge in [0, 0.05) is 5.41 Å². The Morgan fingerprint density at radius 2 is 1.69 bits per heavy atom. The van der Waals surface area contributed by atoms with Crippen molar-refractivity contribution in [1.82, 2.24) is 0 Å². The van der Waals surface area contributed by atoms with E-state index in [1.807, 2.05) is 0 Å². The van der Waals surface area contributed by atoms with Gasteiger partial charge in [0.25, 0.3) is 0 Å². The molecule has 1 heterocycles. The molecule has 6 rings (SSSR count). The molecule has 6 aliphatic rings. The molecule has 0 bridgehead atoms. The van der Waals surface area contributed by atoms with Crippen LogP contribution in [0.5, 0.6) is 0 Å². The first-order valence-electron chi connectivity index (χ1n) is 14.1. The van der Waals surface area contributed by atoms with E-state index < -0.39 is 12.3 Å². The zero-order valence-electron chi connectivity index (χ0n) is 22.5. The van der Waals surface area contributed by atoms with Crippen LogP contribution in [0.25, 0.3) is 0 Å². The minimum Gasteiger partial charge on any atom is -0.438 e. The molecule has 0 aromatic rings. The van der Waals surface area contributed by atoms with Crippen molar-refractivity contribution in [1.29, 1.82) is 0 Å². The topological polar surface area (TPSA) is 85.2 Å². The van der Waals surface area contributed by atoms with Crippen LogP contribution in [-0.4, -0.2) is 54.5 Å². The van der Waals surface area contributed by atoms with Gasteiger partial charge in [-0.15, -0.1) is 0 Å². The Labute approximate surface area is 210 Å². The highest BCUT2D eigenvalue weighted by Gasteiger charge is 2.84. The van der Waals surface area contributed by atoms with Crippen LogP contribution in [-0.2, 0) is 14.2 Å². The van der Waals surface area contributed by atoms with Gasteiger partial charge in [-0.1, -0.05) is 34.6 Å². The molecule has 1 saturated heterocycles. The van der Waals surface area contributed by atoms with Crippen LogP contribution >= 0.6 is 0 Å². The van der Waals surface area contributed by atoms with Crippen molar-refractivity contribution in [2.24, 2.45) is 50.7 Å². The second-order valence-corrected chi connectivity index (χ2v) is 14.4. The quantitative estimate of drug-likeness (QED) is 0.533. The number of carbonyl (C=O) groups is 1. The molecule has 6 nitrogen and oxygen atoms in total. The van der Waals surface area contributed by atoms with E-state index in [1.54, 1.807) is 0 Å². The summed E-state index contributed by atoms with van der Waals surface area (Å²) >= 11 is 0. The summed E-state index contributed by atoms with van der Waals surface area (Å²) in [5, 5.41) is 23.0. The first-order chi connectivity index (χ1) is 16.4. The maximum Gasteiger partial charge on any atom is 0.508 e. The molecule has 0 aromatic heterocycles. The second kappa shape index (κ2) is 7.38. The standard InChI is InChI=1S/C29H46O6/c1-16-13-17(14-34-24(32)33-6)35-22-21(16)26(4)11-12-29-15-28(29)10-9-20(30)25(2,3)18(28)7-8-19(29)27(26,5)23(22)31/h16-23,30-31H,7-15H2,1-6H3/t16-,17-,18+,19+,20+,21+,22+,23+,26-,27-,28-,29+/m1/s1. The summed E-state index contributed by atoms with van der Waals surface area (Å²) in [6.07, 6.45) is 7.08. The zero-order chi connectivity index (χ0) is 25.2. The van der Waals surface area contributed by atoms with E-state index in [0.29, 0.717) is 34.5 Å². The third kappa shape index (κ3) is 2.75. The van der Waals surface area contributed by atoms with Gasteiger partial charge < -0.3 is 24.4 Å². The van der Waals surface area contributed by atoms with Crippen LogP contribution in [0.2, 0.25) is 0 Å². The van der Waals surface area contributed by atoms with Gasteiger partial charge >= 0.3 is 6.16 Å². The van der Waals surface area contributed by atoms with E-state index in [2.05, 4.69) is 39.4 Å². The van der Waals surface area contributed by atoms with Gasteiger partial charge in [0.15, 0.2) is 0 Å². The monoisotopic (exact) mass is 490 g/mol. The lowest BCUT2D eigenvalue weighted by Crippen LogP contribution is -2.59. The van der Waals surface area contributed by atoms with Crippen LogP contribution in [0.3, 0.4) is 0 Å². The summed E-state index contributed by atoms with van der Waals surface area (Å²) in [6.45, 7) is 11.9. The van der Waals surface area contributed by atoms with E-state index >= 15 is 0 Å². The van der Waals surface area contributed by atoms with Crippen molar-refractivity contribution in [2.75, 3.05) is 13.7 Å². The normalized spacial score (nSPS) is 57.6. The maximum absolute atomic E-state index is 12.1. The highest BCUT2D eigenvalue weighted by molar-refractivity contribution is 5.59. The van der Waals surface area contributed by atoms with Gasteiger partial charge in [0.05, 0.1) is 31.5 Å². The molecule has 0 unspecified atom stereocenters. The van der Waals surface area contributed by atoms with E-state index in [9.17, 15) is 15.0 Å². The minimum absolute atomic E-state index is 0.0266. The number of aliphatic hydroxyl groups excluding tert-OH is 2. The lowest BCUT2D eigenvalue weighted by Gasteiger charge is -2.63. The number of fused-ring (bicyclic) bond motifs is 4. The summed E-state index contributed by atoms with van der Waals surface area (Å²) in [4.78, 5) is 11.5. The fraction of sp³-hybridized carbons (Fsp3) is 0.966. The molecule has 5 aliphatic carbocycles. The average molecular weight is 491 g/mol. The Hall–Kier alpha value is -0.850. The Morgan fingerprint density at radius 3 is 2.40 bits per heavy atom. The average Bonchev–Trinajstić information content (AvgIpc) is 3.45. The molecular weight excluding hydrogens is 444 g/mol. The molecule has 2 spiro atoms. The summed E-state index contributed by atoms with van der Waals surface area (Å²) in [5.74, 6) is 1.78. The van der Waals surface area contributed by atoms with Crippen LogP contribution in [0.1, 0.15) is 86.0 Å². The first-order valence-corrected chi connectivity index (χ1v) is 14.1. The van der Waals surface area contributed by atoms with Crippen molar-refractivity contribution < 1.29 is 29.2 Å². The Morgan fingerprint density at radius 1 is 1.00 bits per heavy atom. The van der Waals surface area contributed by atoms with E-state index in [0.717, 1.165) is 38.5 Å². The van der Waals surface area contributed by atoms with Crippen molar-refractivity contribution in [3.05, 3.63) is 0 Å². The van der Waals surface area contributed by atoms with Gasteiger partial charge in [-0.3, -0.25) is 0 Å². The number of hydrogen-bond donors (Lipinski definition) is 2. The van der Waals surface area contributed by atoms with E-state index in [-0.39, 0.29) is 41.2 Å². The third-order valence-electron chi connectivity index (χ3n) is 13.4. The fourth-order valence-corrected chi connectivity index (χ4v) is 11.7. The summed E-state index contributed by atoms with van der Waals surface area (Å²) < 4.78 is 16.5. The molecule has 0 aromatic carbocycles. The Bertz CT molecular complexity index is 904. The lowest BCUT2D eigenvalue weighted by molar-refractivity contribution is -0.182. The van der Waals surface area contributed by atoms with Crippen LogP contribution in [0, 0.1) is 50.7 Å². The zero-order valence-corrected chi connectivity index (χ0v) is 22.5. The smallest absolute Gasteiger partial charge is 0.438 e. The van der Waals surface area contributed by atoms with Crippen molar-refractivity contribution in [3.63, 3.8) is 0 Å². The van der Waals surface area contributed by atoms with Crippen molar-refractivity contribution in [2.45, 2.75) is 110 Å². The summed E-state index contributed by atoms with van der Waals surface area (Å²) in [7, 11) is 1.32. The number of methoxy groups -OCH3 is 1. The van der Waals surface area contributed by atoms with E-state index in [1.165, 1.54) is 20.0 Å². The number of carbonyl (C=O) groups excluding carboxylic acids is 1. The third-order valence-corrected chi connectivity index (χ3v) is 13.4. The van der Waals surface area contributed by atoms with Gasteiger partial charge in [0.1, 0.15) is 6.61 Å². The van der Waals surface area contributed by atoms with Crippen molar-refractivity contribution >= 4 is 6.16 Å². The molecule has 198 valence electrons. The molecule has 0 radical (unpaired) electrons. The van der Waals surface area contributed by atoms with Gasteiger partial charge in [-0.25, -0.2) is 4.79 Å². The van der Waals surface area contributed by atoms with E-state index in [4.69, 9.17) is 9.47 Å².